The van der Waals surface area contributed by atoms with E-state index in [1.165, 1.54) is 18.7 Å². The van der Waals surface area contributed by atoms with Crippen LogP contribution in [0.1, 0.15) is 113 Å². The minimum Gasteiger partial charge on any atom is -0.391 e. The zero-order chi connectivity index (χ0) is 46.7. The van der Waals surface area contributed by atoms with Gasteiger partial charge in [-0.15, -0.1) is 0 Å². The van der Waals surface area contributed by atoms with Gasteiger partial charge < -0.3 is 58.7 Å². The fourth-order valence-electron chi connectivity index (χ4n) is 7.46. The Labute approximate surface area is 365 Å². The molecule has 0 aromatic heterocycles. The second-order valence-corrected chi connectivity index (χ2v) is 16.4. The Morgan fingerprint density at radius 3 is 1.90 bits per heavy atom. The molecule has 0 radical (unpaired) electrons. The first-order valence-electron chi connectivity index (χ1n) is 22.1. The molecular weight excluding hydrogens is 803 g/mol. The van der Waals surface area contributed by atoms with Crippen molar-refractivity contribution in [3.63, 3.8) is 0 Å². The normalized spacial score (nSPS) is 20.8. The molecule has 0 spiro atoms. The van der Waals surface area contributed by atoms with E-state index in [1.807, 2.05) is 13.8 Å². The van der Waals surface area contributed by atoms with Gasteiger partial charge in [0.25, 0.3) is 0 Å². The third-order valence-corrected chi connectivity index (χ3v) is 11.4. The van der Waals surface area contributed by atoms with Crippen LogP contribution in [-0.2, 0) is 38.4 Å². The molecule has 1 heterocycles. The van der Waals surface area contributed by atoms with E-state index in [2.05, 4.69) is 42.2 Å². The summed E-state index contributed by atoms with van der Waals surface area (Å²) in [6, 6.07) is -7.04. The van der Waals surface area contributed by atoms with Crippen molar-refractivity contribution in [1.82, 2.24) is 42.1 Å². The van der Waals surface area contributed by atoms with Crippen LogP contribution < -0.4 is 48.7 Å². The summed E-state index contributed by atoms with van der Waals surface area (Å²) in [4.78, 5) is 113. The highest BCUT2D eigenvalue weighted by molar-refractivity contribution is 5.97. The molecule has 0 bridgehead atoms. The Morgan fingerprint density at radius 2 is 1.34 bits per heavy atom. The lowest BCUT2D eigenvalue weighted by Crippen LogP contribution is -2.62. The predicted octanol–water partition coefficient (Wildman–Crippen LogP) is -1.05. The lowest BCUT2D eigenvalue weighted by Gasteiger charge is -2.32. The van der Waals surface area contributed by atoms with Crippen molar-refractivity contribution in [3.05, 3.63) is 12.2 Å². The number of likely N-dealkylation sites (N-methyl/N-ethyl adjacent to an activating group) is 1. The molecule has 20 heteroatoms. The van der Waals surface area contributed by atoms with Gasteiger partial charge in [0.2, 0.25) is 47.3 Å². The van der Waals surface area contributed by atoms with Crippen molar-refractivity contribution in [3.8, 4) is 0 Å². The molecule has 8 amide bonds. The van der Waals surface area contributed by atoms with Gasteiger partial charge in [-0.25, -0.2) is 0 Å². The minimum atomic E-state index is -1.53. The van der Waals surface area contributed by atoms with Crippen molar-refractivity contribution in [2.45, 2.75) is 162 Å². The quantitative estimate of drug-likeness (QED) is 0.0228. The van der Waals surface area contributed by atoms with Crippen LogP contribution in [0.15, 0.2) is 17.1 Å². The average Bonchev–Trinajstić information content (AvgIpc) is 3.91. The SMILES string of the molecule is CCC[C@H](NC(=O)[C@@H](NC(=O)[C@H](NC(=O)C1C=CC(NC(C)=O)C1)[C@@H](C)CC)[C@@H](C)O)C(=O)N[C@H](C(=O)N[C@@H](CCCN=C(N)N)C(=O)N1CCC[C@H]1C(=O)NCC)[C@@H](C)CC. The number of aliphatic imine (C=N–C) groups is 1. The van der Waals surface area contributed by atoms with Crippen LogP contribution >= 0.6 is 0 Å². The van der Waals surface area contributed by atoms with Gasteiger partial charge in [0, 0.05) is 32.6 Å². The van der Waals surface area contributed by atoms with Gasteiger partial charge in [0.15, 0.2) is 5.96 Å². The standard InChI is InChI=1S/C42H73N11O9/c1-9-15-29(48-40(61)34(25(7)54)52-39(60)33(24(6)11-3)50-35(56)27-18-19-28(22-27)47-26(8)55)36(57)51-32(23(5)10-2)38(59)49-30(16-13-20-46-42(43)44)41(62)53-21-14-17-31(53)37(58)45-12-4/h18-19,23-25,27-34,54H,9-17,20-22H2,1-8H3,(H,45,58)(H,47,55)(H,48,61)(H,49,59)(H,50,56)(H,51,57)(H,52,60)(H4,43,44,46)/t23-,24-,25+,27?,28?,29-,30-,31-,32-,33+,34-/m0/s1. The van der Waals surface area contributed by atoms with Gasteiger partial charge in [0.05, 0.1) is 12.0 Å². The zero-order valence-electron chi connectivity index (χ0n) is 37.8. The molecule has 350 valence electrons. The molecule has 2 rings (SSSR count). The van der Waals surface area contributed by atoms with Crippen LogP contribution in [0.4, 0.5) is 0 Å². The molecule has 0 aromatic carbocycles. The summed E-state index contributed by atoms with van der Waals surface area (Å²) in [5, 5.41) is 29.8. The first-order chi connectivity index (χ1) is 29.3. The summed E-state index contributed by atoms with van der Waals surface area (Å²) in [5.74, 6) is -5.87. The van der Waals surface area contributed by atoms with Crippen LogP contribution in [0.3, 0.4) is 0 Å². The fourth-order valence-corrected chi connectivity index (χ4v) is 7.46. The number of guanidine groups is 1. The summed E-state index contributed by atoms with van der Waals surface area (Å²) in [6.07, 6.45) is 5.32. The molecule has 2 aliphatic rings. The van der Waals surface area contributed by atoms with E-state index in [0.29, 0.717) is 58.0 Å². The molecule has 1 fully saturated rings. The van der Waals surface area contributed by atoms with Crippen molar-refractivity contribution in [1.29, 1.82) is 0 Å². The number of nitrogens with one attached hydrogen (secondary N) is 7. The topological polar surface area (TPSA) is 309 Å². The van der Waals surface area contributed by atoms with E-state index < -0.39 is 89.6 Å². The van der Waals surface area contributed by atoms with Crippen LogP contribution in [-0.4, -0.2) is 131 Å². The largest absolute Gasteiger partial charge is 0.391 e. The lowest BCUT2D eigenvalue weighted by atomic mass is 9.96. The molecule has 12 N–H and O–H groups in total. The first-order valence-corrected chi connectivity index (χ1v) is 22.1. The monoisotopic (exact) mass is 876 g/mol. The Morgan fingerprint density at radius 1 is 0.758 bits per heavy atom. The third kappa shape index (κ3) is 16.2. The van der Waals surface area contributed by atoms with Crippen molar-refractivity contribution in [2.75, 3.05) is 19.6 Å². The van der Waals surface area contributed by atoms with Crippen LogP contribution in [0, 0.1) is 17.8 Å². The number of hydrogen-bond donors (Lipinski definition) is 10. The van der Waals surface area contributed by atoms with E-state index in [9.17, 15) is 43.5 Å². The van der Waals surface area contributed by atoms with E-state index in [0.717, 1.165) is 0 Å². The summed E-state index contributed by atoms with van der Waals surface area (Å²) in [7, 11) is 0. The highest BCUT2D eigenvalue weighted by atomic mass is 16.3. The van der Waals surface area contributed by atoms with Crippen molar-refractivity contribution >= 4 is 53.2 Å². The second kappa shape index (κ2) is 26.3. The molecule has 62 heavy (non-hydrogen) atoms. The number of likely N-dealkylation sites (tertiary alicyclic amines) is 1. The first kappa shape index (κ1) is 52.9. The van der Waals surface area contributed by atoms with E-state index in [4.69, 9.17) is 11.5 Å². The molecular formula is C42H73N11O9. The highest BCUT2D eigenvalue weighted by Crippen LogP contribution is 2.22. The molecule has 1 aliphatic heterocycles. The number of aliphatic hydroxyl groups excluding tert-OH is 1. The van der Waals surface area contributed by atoms with Crippen molar-refractivity contribution in [2.24, 2.45) is 34.2 Å². The number of aliphatic hydroxyl groups is 1. The maximum absolute atomic E-state index is 14.1. The molecule has 1 saturated heterocycles. The number of rotatable bonds is 25. The molecule has 11 atom stereocenters. The Hall–Kier alpha value is -5.27. The fraction of sp³-hybridized carbons (Fsp3) is 0.738. The lowest BCUT2D eigenvalue weighted by molar-refractivity contribution is -0.142. The molecule has 0 aromatic rings. The van der Waals surface area contributed by atoms with Gasteiger partial charge >= 0.3 is 0 Å². The third-order valence-electron chi connectivity index (χ3n) is 11.4. The Kier molecular flexibility index (Phi) is 22.4. The number of carbonyl (C=O) groups is 8. The van der Waals surface area contributed by atoms with Crippen LogP contribution in [0.25, 0.3) is 0 Å². The van der Waals surface area contributed by atoms with Crippen LogP contribution in [0.2, 0.25) is 0 Å². The number of hydrogen-bond acceptors (Lipinski definition) is 10. The number of nitrogens with zero attached hydrogens (tertiary/aromatic N) is 2. The Balaban J connectivity index is 2.27. The average molecular weight is 876 g/mol. The summed E-state index contributed by atoms with van der Waals surface area (Å²) >= 11 is 0. The van der Waals surface area contributed by atoms with Gasteiger partial charge in [0.1, 0.15) is 36.3 Å². The molecule has 2 unspecified atom stereocenters. The molecule has 1 aliphatic carbocycles. The maximum Gasteiger partial charge on any atom is 0.245 e. The van der Waals surface area contributed by atoms with Gasteiger partial charge in [-0.2, -0.15) is 0 Å². The van der Waals surface area contributed by atoms with E-state index in [1.54, 1.807) is 39.8 Å². The zero-order valence-corrected chi connectivity index (χ0v) is 37.8. The summed E-state index contributed by atoms with van der Waals surface area (Å²) in [5.41, 5.74) is 11.0. The number of carbonyl (C=O) groups excluding carboxylic acids is 8. The smallest absolute Gasteiger partial charge is 0.245 e. The van der Waals surface area contributed by atoms with Gasteiger partial charge in [-0.05, 0) is 64.2 Å². The number of nitrogens with two attached hydrogens (primary N) is 2. The maximum atomic E-state index is 14.1. The summed E-state index contributed by atoms with van der Waals surface area (Å²) in [6.45, 7) is 14.4. The second-order valence-electron chi connectivity index (χ2n) is 16.4. The van der Waals surface area contributed by atoms with E-state index in [-0.39, 0.29) is 49.1 Å². The highest BCUT2D eigenvalue weighted by Gasteiger charge is 2.40. The van der Waals surface area contributed by atoms with Crippen molar-refractivity contribution < 1.29 is 43.5 Å². The Bertz CT molecular complexity index is 1620. The summed E-state index contributed by atoms with van der Waals surface area (Å²) < 4.78 is 0. The van der Waals surface area contributed by atoms with Gasteiger partial charge in [-0.1, -0.05) is 66.0 Å². The van der Waals surface area contributed by atoms with Crippen LogP contribution in [0.5, 0.6) is 0 Å². The number of amides is 8. The van der Waals surface area contributed by atoms with Gasteiger partial charge in [-0.3, -0.25) is 43.3 Å². The predicted molar refractivity (Wildman–Crippen MR) is 233 cm³/mol. The molecule has 20 nitrogen and oxygen atoms in total. The molecule has 0 saturated carbocycles. The minimum absolute atomic E-state index is 0.126. The van der Waals surface area contributed by atoms with E-state index >= 15 is 0 Å².